The van der Waals surface area contributed by atoms with E-state index in [1.807, 2.05) is 0 Å². The van der Waals surface area contributed by atoms with E-state index in [0.29, 0.717) is 42.2 Å². The number of pyridine rings is 1. The first-order chi connectivity index (χ1) is 13.8. The molecular formula is C21H28F3N3O2. The number of carbonyl (C=O) groups is 1. The van der Waals surface area contributed by atoms with Crippen molar-refractivity contribution in [2.75, 3.05) is 19.8 Å². The lowest BCUT2D eigenvalue weighted by Crippen LogP contribution is -2.46. The van der Waals surface area contributed by atoms with E-state index in [2.05, 4.69) is 17.2 Å². The molecule has 3 aliphatic rings. The second-order valence-corrected chi connectivity index (χ2v) is 8.66. The van der Waals surface area contributed by atoms with Crippen molar-refractivity contribution >= 4 is 5.91 Å². The minimum atomic E-state index is -4.42. The molecule has 29 heavy (non-hydrogen) atoms. The molecule has 1 saturated carbocycles. The maximum Gasteiger partial charge on any atom is 0.417 e. The summed E-state index contributed by atoms with van der Waals surface area (Å²) in [6.07, 6.45) is 0.567. The average molecular weight is 411 g/mol. The minimum absolute atomic E-state index is 0.0528. The highest BCUT2D eigenvalue weighted by Gasteiger charge is 2.37. The topological polar surface area (TPSA) is 54.5 Å². The number of amides is 1. The quantitative estimate of drug-likeness (QED) is 0.830. The molecule has 4 rings (SSSR count). The summed E-state index contributed by atoms with van der Waals surface area (Å²) in [4.78, 5) is 18.7. The smallest absolute Gasteiger partial charge is 0.381 e. The zero-order valence-corrected chi connectivity index (χ0v) is 16.7. The Balaban J connectivity index is 1.36. The van der Waals surface area contributed by atoms with Crippen LogP contribution in [0.2, 0.25) is 0 Å². The van der Waals surface area contributed by atoms with E-state index < -0.39 is 11.7 Å². The molecule has 4 atom stereocenters. The molecule has 1 saturated heterocycles. The number of nitrogens with zero attached hydrogens (tertiary/aromatic N) is 2. The van der Waals surface area contributed by atoms with Crippen LogP contribution in [0.15, 0.2) is 12.3 Å². The summed E-state index contributed by atoms with van der Waals surface area (Å²) in [5.74, 6) is 0.479. The highest BCUT2D eigenvalue weighted by atomic mass is 19.4. The van der Waals surface area contributed by atoms with Gasteiger partial charge in [-0.05, 0) is 43.2 Å². The Hall–Kier alpha value is -1.67. The van der Waals surface area contributed by atoms with Gasteiger partial charge in [0.05, 0.1) is 12.2 Å². The Morgan fingerprint density at radius 3 is 2.90 bits per heavy atom. The van der Waals surface area contributed by atoms with Crippen molar-refractivity contribution in [1.29, 1.82) is 0 Å². The highest BCUT2D eigenvalue weighted by Crippen LogP contribution is 2.33. The normalized spacial score (nSPS) is 30.3. The van der Waals surface area contributed by atoms with Crippen molar-refractivity contribution < 1.29 is 22.7 Å². The average Bonchev–Trinajstić information content (AvgIpc) is 3.16. The van der Waals surface area contributed by atoms with Crippen molar-refractivity contribution in [2.45, 2.75) is 63.8 Å². The third-order valence-corrected chi connectivity index (χ3v) is 6.55. The Bertz CT molecular complexity index is 755. The third kappa shape index (κ3) is 4.58. The monoisotopic (exact) mass is 411 g/mol. The van der Waals surface area contributed by atoms with Crippen LogP contribution in [0.25, 0.3) is 0 Å². The molecule has 1 amide bonds. The molecule has 1 aromatic heterocycles. The summed E-state index contributed by atoms with van der Waals surface area (Å²) in [6, 6.07) is 1.90. The van der Waals surface area contributed by atoms with E-state index in [1.165, 1.54) is 0 Å². The van der Waals surface area contributed by atoms with E-state index >= 15 is 0 Å². The summed E-state index contributed by atoms with van der Waals surface area (Å²) in [7, 11) is 0. The molecule has 5 nitrogen and oxygen atoms in total. The first-order valence-corrected chi connectivity index (χ1v) is 10.5. The molecule has 1 aromatic rings. The van der Waals surface area contributed by atoms with Gasteiger partial charge in [-0.25, -0.2) is 0 Å². The number of hydrogen-bond acceptors (Lipinski definition) is 4. The van der Waals surface area contributed by atoms with E-state index in [-0.39, 0.29) is 18.4 Å². The van der Waals surface area contributed by atoms with Gasteiger partial charge in [-0.3, -0.25) is 9.78 Å². The van der Waals surface area contributed by atoms with Crippen LogP contribution in [0.1, 0.15) is 49.4 Å². The Kier molecular flexibility index (Phi) is 5.84. The molecule has 8 heteroatoms. The molecule has 0 radical (unpaired) electrons. The lowest BCUT2D eigenvalue weighted by molar-refractivity contribution is -0.137. The van der Waals surface area contributed by atoms with Gasteiger partial charge in [0.15, 0.2) is 0 Å². The maximum absolute atomic E-state index is 13.0. The first kappa shape index (κ1) is 20.6. The van der Waals surface area contributed by atoms with Crippen molar-refractivity contribution in [2.24, 2.45) is 11.8 Å². The summed E-state index contributed by atoms with van der Waals surface area (Å²) in [5.41, 5.74) is 0.436. The molecule has 1 N–H and O–H groups in total. The summed E-state index contributed by atoms with van der Waals surface area (Å²) < 4.78 is 44.5. The lowest BCUT2D eigenvalue weighted by atomic mass is 9.96. The van der Waals surface area contributed by atoms with Gasteiger partial charge in [0, 0.05) is 56.0 Å². The Labute approximate surface area is 169 Å². The van der Waals surface area contributed by atoms with Gasteiger partial charge in [-0.1, -0.05) is 6.92 Å². The molecule has 2 aliphatic heterocycles. The van der Waals surface area contributed by atoms with Crippen LogP contribution >= 0.6 is 0 Å². The van der Waals surface area contributed by atoms with Gasteiger partial charge >= 0.3 is 6.18 Å². The van der Waals surface area contributed by atoms with Crippen molar-refractivity contribution in [3.63, 3.8) is 0 Å². The number of rotatable bonds is 3. The fraction of sp³-hybridized carbons (Fsp3) is 0.714. The van der Waals surface area contributed by atoms with Crippen LogP contribution in [0.5, 0.6) is 0 Å². The second-order valence-electron chi connectivity index (χ2n) is 8.66. The molecular weight excluding hydrogens is 383 g/mol. The van der Waals surface area contributed by atoms with Crippen molar-refractivity contribution in [3.05, 3.63) is 29.1 Å². The number of hydrogen-bond donors (Lipinski definition) is 1. The second kappa shape index (κ2) is 8.22. The Morgan fingerprint density at radius 2 is 2.14 bits per heavy atom. The van der Waals surface area contributed by atoms with Crippen LogP contribution in [0, 0.1) is 11.8 Å². The van der Waals surface area contributed by atoms with Crippen LogP contribution in [0.3, 0.4) is 0 Å². The molecule has 160 valence electrons. The van der Waals surface area contributed by atoms with E-state index in [0.717, 1.165) is 51.2 Å². The van der Waals surface area contributed by atoms with Gasteiger partial charge in [-0.2, -0.15) is 13.2 Å². The summed E-state index contributed by atoms with van der Waals surface area (Å²) >= 11 is 0. The van der Waals surface area contributed by atoms with Gasteiger partial charge in [0.25, 0.3) is 0 Å². The van der Waals surface area contributed by atoms with Gasteiger partial charge in [0.2, 0.25) is 5.91 Å². The fourth-order valence-electron chi connectivity index (χ4n) is 4.82. The van der Waals surface area contributed by atoms with E-state index in [4.69, 9.17) is 4.74 Å². The molecule has 4 unspecified atom stereocenters. The molecule has 0 spiro atoms. The molecule has 0 aromatic carbocycles. The predicted octanol–water partition coefficient (Wildman–Crippen LogP) is 3.17. The maximum atomic E-state index is 13.0. The van der Waals surface area contributed by atoms with E-state index in [9.17, 15) is 18.0 Å². The number of ether oxygens (including phenoxy) is 1. The standard InChI is InChI=1S/C21H28F3N3O2/c1-13-12-29-7-5-18(13)26-17-3-2-14(9-17)20(28)27-6-4-19-15(11-27)8-16(10-25-19)21(22,23)24/h8,10,13-14,17-18,26H,2-7,9,11-12H2,1H3. The fourth-order valence-corrected chi connectivity index (χ4v) is 4.82. The van der Waals surface area contributed by atoms with Crippen LogP contribution in [0.4, 0.5) is 13.2 Å². The SMILES string of the molecule is CC1COCCC1NC1CCC(C(=O)N2CCc3ncc(C(F)(F)F)cc3C2)C1. The Morgan fingerprint density at radius 1 is 1.31 bits per heavy atom. The third-order valence-electron chi connectivity index (χ3n) is 6.55. The predicted molar refractivity (Wildman–Crippen MR) is 101 cm³/mol. The molecule has 1 aliphatic carbocycles. The van der Waals surface area contributed by atoms with Crippen LogP contribution in [-0.2, 0) is 28.7 Å². The molecule has 2 fully saturated rings. The number of alkyl halides is 3. The van der Waals surface area contributed by atoms with Crippen LogP contribution < -0.4 is 5.32 Å². The zero-order chi connectivity index (χ0) is 20.6. The largest absolute Gasteiger partial charge is 0.417 e. The van der Waals surface area contributed by atoms with Gasteiger partial charge in [-0.15, -0.1) is 0 Å². The number of aromatic nitrogens is 1. The van der Waals surface area contributed by atoms with E-state index in [1.54, 1.807) is 4.90 Å². The number of carbonyl (C=O) groups excluding carboxylic acids is 1. The van der Waals surface area contributed by atoms with Gasteiger partial charge in [0.1, 0.15) is 0 Å². The minimum Gasteiger partial charge on any atom is -0.381 e. The van der Waals surface area contributed by atoms with Crippen molar-refractivity contribution in [3.8, 4) is 0 Å². The van der Waals surface area contributed by atoms with Crippen molar-refractivity contribution in [1.82, 2.24) is 15.2 Å². The first-order valence-electron chi connectivity index (χ1n) is 10.5. The van der Waals surface area contributed by atoms with Crippen LogP contribution in [-0.4, -0.2) is 47.6 Å². The van der Waals surface area contributed by atoms with Gasteiger partial charge < -0.3 is 15.0 Å². The highest BCUT2D eigenvalue weighted by molar-refractivity contribution is 5.79. The number of fused-ring (bicyclic) bond motifs is 1. The summed E-state index contributed by atoms with van der Waals surface area (Å²) in [6.45, 7) is 4.47. The molecule has 3 heterocycles. The zero-order valence-electron chi connectivity index (χ0n) is 16.7. The molecule has 0 bridgehead atoms. The lowest BCUT2D eigenvalue weighted by Gasteiger charge is -2.33. The summed E-state index contributed by atoms with van der Waals surface area (Å²) in [5, 5.41) is 3.71. The number of halogens is 3. The number of nitrogens with one attached hydrogen (secondary N) is 1.